The number of benzene rings is 4. The number of oxazole rings is 2. The van der Waals surface area contributed by atoms with E-state index in [2.05, 4.69) is 9.97 Å². The molecule has 0 saturated heterocycles. The Bertz CT molecular complexity index is 1220. The average Bonchev–Trinajstić information content (AvgIpc) is 3.45. The first-order chi connectivity index (χ1) is 14.9. The van der Waals surface area contributed by atoms with E-state index in [-0.39, 0.29) is 20.1 Å². The molecule has 0 aliphatic heterocycles. The van der Waals surface area contributed by atoms with Crippen molar-refractivity contribution < 1.29 is 28.9 Å². The van der Waals surface area contributed by atoms with Gasteiger partial charge in [-0.25, -0.2) is 9.97 Å². The molecular weight excluding hydrogens is 565 g/mol. The van der Waals surface area contributed by atoms with Crippen LogP contribution >= 0.6 is 0 Å². The number of fused-ring (bicyclic) bond motifs is 2. The van der Waals surface area contributed by atoms with E-state index in [0.717, 1.165) is 33.3 Å². The van der Waals surface area contributed by atoms with Crippen molar-refractivity contribution in [2.75, 3.05) is 0 Å². The van der Waals surface area contributed by atoms with Gasteiger partial charge in [0.2, 0.25) is 11.8 Å². The van der Waals surface area contributed by atoms with Gasteiger partial charge in [0.25, 0.3) is 0 Å². The average molecular weight is 583 g/mol. The second-order valence-corrected chi connectivity index (χ2v) is 6.71. The molecule has 0 aliphatic rings. The predicted molar refractivity (Wildman–Crippen MR) is 119 cm³/mol. The van der Waals surface area contributed by atoms with Crippen LogP contribution in [-0.2, 0) is 20.1 Å². The van der Waals surface area contributed by atoms with Crippen LogP contribution in [0.25, 0.3) is 45.1 Å². The molecule has 31 heavy (non-hydrogen) atoms. The number of para-hydroxylation sites is 4. The normalized spacial score (nSPS) is 10.3. The minimum atomic E-state index is 0. The molecule has 6 rings (SSSR count). The van der Waals surface area contributed by atoms with Crippen LogP contribution in [0.3, 0.4) is 0 Å². The van der Waals surface area contributed by atoms with Crippen LogP contribution in [0.4, 0.5) is 0 Å². The standard InChI is InChI=1S/2C13H9NO.Ir/c2*1-2-6-10(7-3-1)13-14-11-8-4-5-9-12(11)15-13;/h2*1-9H;/q;;+3. The fourth-order valence-electron chi connectivity index (χ4n) is 3.15. The van der Waals surface area contributed by atoms with E-state index < -0.39 is 0 Å². The number of hydrogen-bond donors (Lipinski definition) is 0. The molecule has 2 heterocycles. The fraction of sp³-hybridized carbons (Fsp3) is 0. The van der Waals surface area contributed by atoms with E-state index in [4.69, 9.17) is 8.83 Å². The SMILES string of the molecule is [Ir+3].c1ccc(-c2nc3ccccc3o2)cc1.c1ccc(-c2nc3ccccc3o2)cc1. The van der Waals surface area contributed by atoms with E-state index in [9.17, 15) is 0 Å². The smallest absolute Gasteiger partial charge is 0.436 e. The van der Waals surface area contributed by atoms with Crippen molar-refractivity contribution >= 4 is 22.2 Å². The first kappa shape index (κ1) is 20.7. The summed E-state index contributed by atoms with van der Waals surface area (Å²) in [4.78, 5) is 8.83. The van der Waals surface area contributed by atoms with Crippen LogP contribution in [-0.4, -0.2) is 9.97 Å². The van der Waals surface area contributed by atoms with Gasteiger partial charge in [-0.05, 0) is 48.5 Å². The molecule has 0 fully saturated rings. The Hall–Kier alpha value is -3.53. The van der Waals surface area contributed by atoms with Crippen molar-refractivity contribution in [1.82, 2.24) is 9.97 Å². The third-order valence-corrected chi connectivity index (χ3v) is 4.63. The third-order valence-electron chi connectivity index (χ3n) is 4.63. The molecule has 4 nitrogen and oxygen atoms in total. The maximum Gasteiger partial charge on any atom is 3.00 e. The summed E-state index contributed by atoms with van der Waals surface area (Å²) in [5.74, 6) is 1.36. The molecular formula is C26H18IrN2O2+3. The molecule has 0 unspecified atom stereocenters. The van der Waals surface area contributed by atoms with Crippen LogP contribution in [0.2, 0.25) is 0 Å². The van der Waals surface area contributed by atoms with Crippen molar-refractivity contribution in [1.29, 1.82) is 0 Å². The first-order valence-corrected chi connectivity index (χ1v) is 9.69. The summed E-state index contributed by atoms with van der Waals surface area (Å²) < 4.78 is 11.3. The Kier molecular flexibility index (Phi) is 6.37. The van der Waals surface area contributed by atoms with E-state index >= 15 is 0 Å². The topological polar surface area (TPSA) is 52.1 Å². The summed E-state index contributed by atoms with van der Waals surface area (Å²) in [6.45, 7) is 0. The van der Waals surface area contributed by atoms with Crippen LogP contribution in [0, 0.1) is 0 Å². The molecule has 0 radical (unpaired) electrons. The summed E-state index contributed by atoms with van der Waals surface area (Å²) in [6, 6.07) is 35.4. The Morgan fingerprint density at radius 1 is 0.419 bits per heavy atom. The summed E-state index contributed by atoms with van der Waals surface area (Å²) in [6.07, 6.45) is 0. The van der Waals surface area contributed by atoms with E-state index in [1.54, 1.807) is 0 Å². The number of aromatic nitrogens is 2. The predicted octanol–water partition coefficient (Wildman–Crippen LogP) is 6.99. The molecule has 0 aliphatic carbocycles. The van der Waals surface area contributed by atoms with Crippen LogP contribution in [0.15, 0.2) is 118 Å². The fourth-order valence-corrected chi connectivity index (χ4v) is 3.15. The molecule has 6 aromatic rings. The summed E-state index contributed by atoms with van der Waals surface area (Å²) in [5, 5.41) is 0. The first-order valence-electron chi connectivity index (χ1n) is 9.69. The molecule has 0 bridgehead atoms. The quantitative estimate of drug-likeness (QED) is 0.221. The minimum absolute atomic E-state index is 0. The maximum absolute atomic E-state index is 5.64. The number of nitrogens with zero attached hydrogens (tertiary/aromatic N) is 2. The van der Waals surface area contributed by atoms with E-state index in [0.29, 0.717) is 11.8 Å². The Morgan fingerprint density at radius 3 is 1.16 bits per heavy atom. The van der Waals surface area contributed by atoms with Crippen molar-refractivity contribution in [3.8, 4) is 22.9 Å². The van der Waals surface area contributed by atoms with Gasteiger partial charge in [0.1, 0.15) is 11.0 Å². The zero-order chi connectivity index (χ0) is 20.2. The van der Waals surface area contributed by atoms with Crippen molar-refractivity contribution in [3.05, 3.63) is 109 Å². The largest absolute Gasteiger partial charge is 3.00 e. The summed E-state index contributed by atoms with van der Waals surface area (Å²) in [7, 11) is 0. The molecule has 2 aromatic heterocycles. The Morgan fingerprint density at radius 2 is 0.774 bits per heavy atom. The van der Waals surface area contributed by atoms with Crippen molar-refractivity contribution in [3.63, 3.8) is 0 Å². The number of rotatable bonds is 2. The molecule has 0 spiro atoms. The van der Waals surface area contributed by atoms with Gasteiger partial charge in [0, 0.05) is 11.1 Å². The van der Waals surface area contributed by atoms with Crippen LogP contribution in [0.1, 0.15) is 0 Å². The molecule has 150 valence electrons. The second kappa shape index (κ2) is 9.52. The molecule has 0 saturated carbocycles. The third kappa shape index (κ3) is 4.64. The van der Waals surface area contributed by atoms with Crippen molar-refractivity contribution in [2.24, 2.45) is 0 Å². The molecule has 0 amide bonds. The van der Waals surface area contributed by atoms with Gasteiger partial charge in [0.15, 0.2) is 11.2 Å². The molecule has 4 aromatic carbocycles. The van der Waals surface area contributed by atoms with Crippen molar-refractivity contribution in [2.45, 2.75) is 0 Å². The van der Waals surface area contributed by atoms with Gasteiger partial charge >= 0.3 is 20.1 Å². The summed E-state index contributed by atoms with van der Waals surface area (Å²) in [5.41, 5.74) is 5.47. The minimum Gasteiger partial charge on any atom is -0.436 e. The van der Waals surface area contributed by atoms with Gasteiger partial charge in [0.05, 0.1) is 0 Å². The van der Waals surface area contributed by atoms with Gasteiger partial charge in [-0.2, -0.15) is 0 Å². The van der Waals surface area contributed by atoms with Gasteiger partial charge in [-0.15, -0.1) is 0 Å². The van der Waals surface area contributed by atoms with E-state index in [1.807, 2.05) is 109 Å². The van der Waals surface area contributed by atoms with Gasteiger partial charge < -0.3 is 8.83 Å². The molecule has 0 atom stereocenters. The number of hydrogen-bond acceptors (Lipinski definition) is 4. The Balaban J connectivity index is 0.000000144. The van der Waals surface area contributed by atoms with Gasteiger partial charge in [-0.3, -0.25) is 0 Å². The Labute approximate surface area is 192 Å². The zero-order valence-electron chi connectivity index (χ0n) is 16.4. The van der Waals surface area contributed by atoms with Gasteiger partial charge in [-0.1, -0.05) is 60.7 Å². The van der Waals surface area contributed by atoms with Crippen LogP contribution < -0.4 is 0 Å². The van der Waals surface area contributed by atoms with E-state index in [1.165, 1.54) is 0 Å². The molecule has 0 N–H and O–H groups in total. The maximum atomic E-state index is 5.64. The zero-order valence-corrected chi connectivity index (χ0v) is 18.8. The second-order valence-electron chi connectivity index (χ2n) is 6.71. The van der Waals surface area contributed by atoms with Crippen LogP contribution in [0.5, 0.6) is 0 Å². The summed E-state index contributed by atoms with van der Waals surface area (Å²) >= 11 is 0. The monoisotopic (exact) mass is 583 g/mol. The molecule has 5 heteroatoms.